The van der Waals surface area contributed by atoms with E-state index in [1.807, 2.05) is 0 Å². The first-order valence-electron chi connectivity index (χ1n) is 3.28. The molecule has 0 aliphatic rings. The predicted molar refractivity (Wildman–Crippen MR) is 41.6 cm³/mol. The molecular formula is C8H14O2. The van der Waals surface area contributed by atoms with Crippen LogP contribution in [0, 0.1) is 5.92 Å². The smallest absolute Gasteiger partial charge is 0.0659 e. The maximum Gasteiger partial charge on any atom is 0.0659 e. The highest BCUT2D eigenvalue weighted by Gasteiger charge is 2.12. The molecule has 0 fully saturated rings. The molecule has 2 N–H and O–H groups in total. The Morgan fingerprint density at radius 1 is 1.40 bits per heavy atom. The van der Waals surface area contributed by atoms with Gasteiger partial charge in [0, 0.05) is 5.92 Å². The Hall–Kier alpha value is -0.600. The Bertz CT molecular complexity index is 110. The number of rotatable bonds is 5. The second-order valence-corrected chi connectivity index (χ2v) is 2.17. The van der Waals surface area contributed by atoms with Crippen molar-refractivity contribution in [3.63, 3.8) is 0 Å². The van der Waals surface area contributed by atoms with Crippen molar-refractivity contribution in [1.82, 2.24) is 0 Å². The third kappa shape index (κ3) is 2.80. The van der Waals surface area contributed by atoms with E-state index in [1.54, 1.807) is 12.2 Å². The van der Waals surface area contributed by atoms with Gasteiger partial charge in [-0.3, -0.25) is 0 Å². The molecule has 0 aliphatic carbocycles. The molecule has 0 aromatic carbocycles. The zero-order valence-corrected chi connectivity index (χ0v) is 6.03. The van der Waals surface area contributed by atoms with Gasteiger partial charge in [0.2, 0.25) is 0 Å². The maximum atomic E-state index is 9.21. The first kappa shape index (κ1) is 9.40. The van der Waals surface area contributed by atoms with Gasteiger partial charge in [0.05, 0.1) is 12.7 Å². The average molecular weight is 142 g/mol. The molecule has 0 spiro atoms. The van der Waals surface area contributed by atoms with E-state index in [0.29, 0.717) is 6.42 Å². The Morgan fingerprint density at radius 2 is 2.00 bits per heavy atom. The predicted octanol–water partition coefficient (Wildman–Crippen LogP) is 0.718. The van der Waals surface area contributed by atoms with Crippen LogP contribution >= 0.6 is 0 Å². The summed E-state index contributed by atoms with van der Waals surface area (Å²) in [5.74, 6) is -0.224. The van der Waals surface area contributed by atoms with Gasteiger partial charge in [-0.05, 0) is 6.42 Å². The van der Waals surface area contributed by atoms with E-state index in [9.17, 15) is 5.11 Å². The number of aliphatic hydroxyl groups excluding tert-OH is 2. The quantitative estimate of drug-likeness (QED) is 0.555. The summed E-state index contributed by atoms with van der Waals surface area (Å²) in [5.41, 5.74) is 0. The molecule has 0 saturated carbocycles. The van der Waals surface area contributed by atoms with E-state index >= 15 is 0 Å². The van der Waals surface area contributed by atoms with Crippen LogP contribution in [0.3, 0.4) is 0 Å². The molecule has 2 heteroatoms. The van der Waals surface area contributed by atoms with Crippen molar-refractivity contribution in [1.29, 1.82) is 0 Å². The summed E-state index contributed by atoms with van der Waals surface area (Å²) >= 11 is 0. The van der Waals surface area contributed by atoms with E-state index < -0.39 is 6.10 Å². The van der Waals surface area contributed by atoms with Gasteiger partial charge in [0.25, 0.3) is 0 Å². The van der Waals surface area contributed by atoms with Gasteiger partial charge in [0.15, 0.2) is 0 Å². The Kier molecular flexibility index (Phi) is 4.89. The zero-order chi connectivity index (χ0) is 7.98. The van der Waals surface area contributed by atoms with E-state index in [0.717, 1.165) is 0 Å². The molecule has 2 atom stereocenters. The van der Waals surface area contributed by atoms with Crippen LogP contribution in [-0.4, -0.2) is 22.9 Å². The van der Waals surface area contributed by atoms with E-state index in [-0.39, 0.29) is 12.5 Å². The van der Waals surface area contributed by atoms with Crippen LogP contribution in [0.25, 0.3) is 0 Å². The summed E-state index contributed by atoms with van der Waals surface area (Å²) in [4.78, 5) is 0. The number of aliphatic hydroxyl groups is 2. The zero-order valence-electron chi connectivity index (χ0n) is 6.03. The summed E-state index contributed by atoms with van der Waals surface area (Å²) in [6.07, 6.45) is 3.13. The average Bonchev–Trinajstić information content (AvgIpc) is 1.91. The van der Waals surface area contributed by atoms with Crippen molar-refractivity contribution in [3.05, 3.63) is 25.3 Å². The lowest BCUT2D eigenvalue weighted by Crippen LogP contribution is -2.20. The standard InChI is InChI=1S/C8H14O2/c1-3-5-8(10)7(4-2)6-9/h3-4,7-10H,1-2,5-6H2/t7-,8-/m1/s1. The first-order valence-corrected chi connectivity index (χ1v) is 3.28. The molecule has 0 aromatic rings. The van der Waals surface area contributed by atoms with E-state index in [1.165, 1.54) is 0 Å². The molecule has 0 aromatic heterocycles. The summed E-state index contributed by atoms with van der Waals surface area (Å²) < 4.78 is 0. The summed E-state index contributed by atoms with van der Waals surface area (Å²) in [6, 6.07) is 0. The fourth-order valence-corrected chi connectivity index (χ4v) is 0.699. The van der Waals surface area contributed by atoms with E-state index in [4.69, 9.17) is 5.11 Å². The lowest BCUT2D eigenvalue weighted by Gasteiger charge is -2.14. The molecule has 0 aliphatic heterocycles. The molecule has 0 saturated heterocycles. The lowest BCUT2D eigenvalue weighted by atomic mass is 10.0. The summed E-state index contributed by atoms with van der Waals surface area (Å²) in [6.45, 7) is 6.90. The normalized spacial score (nSPS) is 15.8. The van der Waals surface area contributed by atoms with Crippen molar-refractivity contribution < 1.29 is 10.2 Å². The van der Waals surface area contributed by atoms with Gasteiger partial charge in [-0.15, -0.1) is 13.2 Å². The lowest BCUT2D eigenvalue weighted by molar-refractivity contribution is 0.0943. The van der Waals surface area contributed by atoms with Gasteiger partial charge in [0.1, 0.15) is 0 Å². The minimum absolute atomic E-state index is 0.0570. The molecule has 10 heavy (non-hydrogen) atoms. The second kappa shape index (κ2) is 5.21. The largest absolute Gasteiger partial charge is 0.396 e. The monoisotopic (exact) mass is 142 g/mol. The second-order valence-electron chi connectivity index (χ2n) is 2.17. The fraction of sp³-hybridized carbons (Fsp3) is 0.500. The van der Waals surface area contributed by atoms with Gasteiger partial charge in [-0.2, -0.15) is 0 Å². The van der Waals surface area contributed by atoms with Crippen LogP contribution in [0.1, 0.15) is 6.42 Å². The SMILES string of the molecule is C=CC[C@@H](O)[C@H](C=C)CO. The van der Waals surface area contributed by atoms with Crippen LogP contribution in [0.15, 0.2) is 25.3 Å². The van der Waals surface area contributed by atoms with E-state index in [2.05, 4.69) is 13.2 Å². The highest BCUT2D eigenvalue weighted by Crippen LogP contribution is 2.07. The van der Waals surface area contributed by atoms with Gasteiger partial charge >= 0.3 is 0 Å². The maximum absolute atomic E-state index is 9.21. The van der Waals surface area contributed by atoms with Crippen LogP contribution in [0.4, 0.5) is 0 Å². The molecule has 0 radical (unpaired) electrons. The minimum Gasteiger partial charge on any atom is -0.396 e. The van der Waals surface area contributed by atoms with Crippen molar-refractivity contribution in [2.24, 2.45) is 5.92 Å². The topological polar surface area (TPSA) is 40.5 Å². The van der Waals surface area contributed by atoms with Crippen LogP contribution in [0.5, 0.6) is 0 Å². The molecule has 0 rings (SSSR count). The third-order valence-corrected chi connectivity index (χ3v) is 1.42. The number of hydrogen-bond acceptors (Lipinski definition) is 2. The number of hydrogen-bond donors (Lipinski definition) is 2. The summed E-state index contributed by atoms with van der Waals surface area (Å²) in [5, 5.41) is 17.9. The van der Waals surface area contributed by atoms with Crippen molar-refractivity contribution in [2.75, 3.05) is 6.61 Å². The molecule has 0 unspecified atom stereocenters. The van der Waals surface area contributed by atoms with Crippen LogP contribution < -0.4 is 0 Å². The Balaban J connectivity index is 3.74. The molecule has 2 nitrogen and oxygen atoms in total. The highest BCUT2D eigenvalue weighted by atomic mass is 16.3. The summed E-state index contributed by atoms with van der Waals surface area (Å²) in [7, 11) is 0. The van der Waals surface area contributed by atoms with Crippen LogP contribution in [0.2, 0.25) is 0 Å². The molecule has 0 heterocycles. The van der Waals surface area contributed by atoms with Crippen molar-refractivity contribution in [3.8, 4) is 0 Å². The third-order valence-electron chi connectivity index (χ3n) is 1.42. The van der Waals surface area contributed by atoms with Gasteiger partial charge in [-0.1, -0.05) is 12.2 Å². The fourth-order valence-electron chi connectivity index (χ4n) is 0.699. The Labute approximate surface area is 61.5 Å². The van der Waals surface area contributed by atoms with Gasteiger partial charge in [-0.25, -0.2) is 0 Å². The van der Waals surface area contributed by atoms with Crippen molar-refractivity contribution >= 4 is 0 Å². The molecule has 0 bridgehead atoms. The highest BCUT2D eigenvalue weighted by molar-refractivity contribution is 4.87. The Morgan fingerprint density at radius 3 is 2.30 bits per heavy atom. The molecule has 0 amide bonds. The van der Waals surface area contributed by atoms with Crippen molar-refractivity contribution in [2.45, 2.75) is 12.5 Å². The minimum atomic E-state index is -0.542. The van der Waals surface area contributed by atoms with Crippen LogP contribution in [-0.2, 0) is 0 Å². The molecular weight excluding hydrogens is 128 g/mol. The molecule has 58 valence electrons. The first-order chi connectivity index (χ1) is 4.76. The van der Waals surface area contributed by atoms with Gasteiger partial charge < -0.3 is 10.2 Å².